The molecule has 5 nitrogen and oxygen atoms in total. The van der Waals surface area contributed by atoms with Crippen molar-refractivity contribution in [3.63, 3.8) is 0 Å². The Balaban J connectivity index is 2.08. The first-order valence-electron chi connectivity index (χ1n) is 6.23. The zero-order valence-corrected chi connectivity index (χ0v) is 11.3. The Bertz CT molecular complexity index is 572. The van der Waals surface area contributed by atoms with Gasteiger partial charge in [-0.1, -0.05) is 18.9 Å². The van der Waals surface area contributed by atoms with Crippen molar-refractivity contribution in [2.75, 3.05) is 11.3 Å². The number of nitrogens with one attached hydrogen (secondary N) is 1. The fourth-order valence-electron chi connectivity index (χ4n) is 2.21. The van der Waals surface area contributed by atoms with Gasteiger partial charge in [0.1, 0.15) is 11.8 Å². The molecule has 0 aliphatic heterocycles. The van der Waals surface area contributed by atoms with Crippen LogP contribution in [0.25, 0.3) is 0 Å². The van der Waals surface area contributed by atoms with E-state index in [1.54, 1.807) is 24.3 Å². The standard InChI is InChI=1S/C13H16N2O3S/c14-8-9-18-12-5-3-4-11(10-12)15-19(16,17)13-6-1-2-7-13/h3-5,10,13,15H,1-2,6-7,9H2. The average Bonchev–Trinajstić information content (AvgIpc) is 2.91. The second-order valence-corrected chi connectivity index (χ2v) is 6.49. The van der Waals surface area contributed by atoms with Gasteiger partial charge in [-0.2, -0.15) is 5.26 Å². The quantitative estimate of drug-likeness (QED) is 0.897. The maximum atomic E-state index is 12.1. The lowest BCUT2D eigenvalue weighted by molar-refractivity contribution is 0.368. The molecular weight excluding hydrogens is 264 g/mol. The number of anilines is 1. The molecule has 0 saturated heterocycles. The third kappa shape index (κ3) is 3.61. The van der Waals surface area contributed by atoms with E-state index in [9.17, 15) is 8.42 Å². The van der Waals surface area contributed by atoms with Crippen molar-refractivity contribution < 1.29 is 13.2 Å². The van der Waals surface area contributed by atoms with Gasteiger partial charge >= 0.3 is 0 Å². The van der Waals surface area contributed by atoms with E-state index in [1.165, 1.54) is 0 Å². The normalized spacial score (nSPS) is 15.9. The van der Waals surface area contributed by atoms with Crippen LogP contribution >= 0.6 is 0 Å². The highest BCUT2D eigenvalue weighted by Crippen LogP contribution is 2.27. The van der Waals surface area contributed by atoms with Crippen LogP contribution in [0.1, 0.15) is 25.7 Å². The van der Waals surface area contributed by atoms with Gasteiger partial charge in [-0.05, 0) is 25.0 Å². The van der Waals surface area contributed by atoms with Crippen molar-refractivity contribution in [2.45, 2.75) is 30.9 Å². The number of hydrogen-bond acceptors (Lipinski definition) is 4. The lowest BCUT2D eigenvalue weighted by Gasteiger charge is -2.13. The lowest BCUT2D eigenvalue weighted by atomic mass is 10.3. The minimum atomic E-state index is -3.32. The van der Waals surface area contributed by atoms with Gasteiger partial charge < -0.3 is 4.74 Å². The summed E-state index contributed by atoms with van der Waals surface area (Å²) in [4.78, 5) is 0. The molecule has 0 atom stereocenters. The Morgan fingerprint density at radius 1 is 1.37 bits per heavy atom. The van der Waals surface area contributed by atoms with Gasteiger partial charge in [0, 0.05) is 6.07 Å². The predicted molar refractivity (Wildman–Crippen MR) is 72.3 cm³/mol. The number of nitriles is 1. The summed E-state index contributed by atoms with van der Waals surface area (Å²) in [5.74, 6) is 0.480. The summed E-state index contributed by atoms with van der Waals surface area (Å²) in [7, 11) is -3.32. The smallest absolute Gasteiger partial charge is 0.235 e. The number of sulfonamides is 1. The maximum absolute atomic E-state index is 12.1. The van der Waals surface area contributed by atoms with Gasteiger partial charge in [-0.3, -0.25) is 4.72 Å². The van der Waals surface area contributed by atoms with E-state index >= 15 is 0 Å². The van der Waals surface area contributed by atoms with Crippen LogP contribution < -0.4 is 9.46 Å². The molecule has 2 rings (SSSR count). The zero-order chi connectivity index (χ0) is 13.7. The summed E-state index contributed by atoms with van der Waals surface area (Å²) in [5, 5.41) is 8.15. The summed E-state index contributed by atoms with van der Waals surface area (Å²) < 4.78 is 32.0. The van der Waals surface area contributed by atoms with E-state index < -0.39 is 10.0 Å². The average molecular weight is 280 g/mol. The van der Waals surface area contributed by atoms with Crippen molar-refractivity contribution in [1.29, 1.82) is 5.26 Å². The van der Waals surface area contributed by atoms with Crippen molar-refractivity contribution in [3.05, 3.63) is 24.3 Å². The van der Waals surface area contributed by atoms with Crippen molar-refractivity contribution in [3.8, 4) is 11.8 Å². The number of ether oxygens (including phenoxy) is 1. The van der Waals surface area contributed by atoms with Crippen molar-refractivity contribution >= 4 is 15.7 Å². The third-order valence-electron chi connectivity index (χ3n) is 3.14. The summed E-state index contributed by atoms with van der Waals surface area (Å²) in [6.45, 7) is -0.0567. The zero-order valence-electron chi connectivity index (χ0n) is 10.5. The summed E-state index contributed by atoms with van der Waals surface area (Å²) in [6, 6.07) is 8.51. The topological polar surface area (TPSA) is 79.2 Å². The minimum Gasteiger partial charge on any atom is -0.479 e. The third-order valence-corrected chi connectivity index (χ3v) is 5.01. The molecule has 0 radical (unpaired) electrons. The van der Waals surface area contributed by atoms with Crippen LogP contribution in [0, 0.1) is 11.3 Å². The van der Waals surface area contributed by atoms with Gasteiger partial charge in [0.15, 0.2) is 6.61 Å². The van der Waals surface area contributed by atoms with E-state index in [0.29, 0.717) is 11.4 Å². The van der Waals surface area contributed by atoms with Gasteiger partial charge in [-0.15, -0.1) is 0 Å². The van der Waals surface area contributed by atoms with E-state index in [1.807, 2.05) is 6.07 Å². The Morgan fingerprint density at radius 3 is 2.79 bits per heavy atom. The van der Waals surface area contributed by atoms with E-state index in [0.717, 1.165) is 25.7 Å². The molecule has 0 bridgehead atoms. The molecule has 1 aliphatic carbocycles. The van der Waals surface area contributed by atoms with Crippen LogP contribution in [0.2, 0.25) is 0 Å². The van der Waals surface area contributed by atoms with E-state index in [-0.39, 0.29) is 11.9 Å². The largest absolute Gasteiger partial charge is 0.479 e. The number of hydrogen-bond donors (Lipinski definition) is 1. The monoisotopic (exact) mass is 280 g/mol. The number of nitrogens with zero attached hydrogens (tertiary/aromatic N) is 1. The van der Waals surface area contributed by atoms with E-state index in [2.05, 4.69) is 4.72 Å². The van der Waals surface area contributed by atoms with Crippen LogP contribution in [0.5, 0.6) is 5.75 Å². The first-order chi connectivity index (χ1) is 9.12. The molecule has 0 spiro atoms. The second kappa shape index (κ2) is 5.93. The van der Waals surface area contributed by atoms with Crippen LogP contribution in [-0.4, -0.2) is 20.3 Å². The molecule has 0 unspecified atom stereocenters. The Hall–Kier alpha value is -1.74. The number of rotatable bonds is 5. The Kier molecular flexibility index (Phi) is 4.27. The molecule has 1 saturated carbocycles. The first kappa shape index (κ1) is 13.7. The molecule has 0 aromatic heterocycles. The molecule has 1 aromatic carbocycles. The van der Waals surface area contributed by atoms with Crippen LogP contribution in [0.4, 0.5) is 5.69 Å². The molecule has 0 amide bonds. The van der Waals surface area contributed by atoms with Gasteiger partial charge in [-0.25, -0.2) is 8.42 Å². The van der Waals surface area contributed by atoms with Gasteiger partial charge in [0.25, 0.3) is 0 Å². The highest BCUT2D eigenvalue weighted by atomic mass is 32.2. The molecule has 1 fully saturated rings. The van der Waals surface area contributed by atoms with Crippen LogP contribution in [-0.2, 0) is 10.0 Å². The fourth-order valence-corrected chi connectivity index (χ4v) is 3.79. The van der Waals surface area contributed by atoms with Crippen molar-refractivity contribution in [1.82, 2.24) is 0 Å². The molecule has 0 heterocycles. The molecule has 102 valence electrons. The summed E-state index contributed by atoms with van der Waals surface area (Å²) in [5.41, 5.74) is 0.474. The second-order valence-electron chi connectivity index (χ2n) is 4.53. The molecular formula is C13H16N2O3S. The minimum absolute atomic E-state index is 0.0567. The molecule has 19 heavy (non-hydrogen) atoms. The molecule has 6 heteroatoms. The molecule has 1 N–H and O–H groups in total. The van der Waals surface area contributed by atoms with Crippen molar-refractivity contribution in [2.24, 2.45) is 0 Å². The number of benzene rings is 1. The Morgan fingerprint density at radius 2 is 2.11 bits per heavy atom. The SMILES string of the molecule is N#CCOc1cccc(NS(=O)(=O)C2CCCC2)c1. The summed E-state index contributed by atoms with van der Waals surface area (Å²) >= 11 is 0. The first-order valence-corrected chi connectivity index (χ1v) is 7.78. The molecule has 1 aliphatic rings. The fraction of sp³-hybridized carbons (Fsp3) is 0.462. The summed E-state index contributed by atoms with van der Waals surface area (Å²) in [6.07, 6.45) is 3.38. The highest BCUT2D eigenvalue weighted by molar-refractivity contribution is 7.93. The highest BCUT2D eigenvalue weighted by Gasteiger charge is 2.28. The van der Waals surface area contributed by atoms with Crippen LogP contribution in [0.15, 0.2) is 24.3 Å². The predicted octanol–water partition coefficient (Wildman–Crippen LogP) is 2.27. The van der Waals surface area contributed by atoms with Gasteiger partial charge in [0.2, 0.25) is 10.0 Å². The van der Waals surface area contributed by atoms with Gasteiger partial charge in [0.05, 0.1) is 10.9 Å². The molecule has 1 aromatic rings. The van der Waals surface area contributed by atoms with E-state index in [4.69, 9.17) is 10.00 Å². The lowest BCUT2D eigenvalue weighted by Crippen LogP contribution is -2.25. The Labute approximate surface area is 113 Å². The van der Waals surface area contributed by atoms with Crippen LogP contribution in [0.3, 0.4) is 0 Å². The maximum Gasteiger partial charge on any atom is 0.235 e.